The summed E-state index contributed by atoms with van der Waals surface area (Å²) in [6.07, 6.45) is 0. The number of rotatable bonds is 2. The van der Waals surface area contributed by atoms with E-state index in [-0.39, 0.29) is 17.7 Å². The van der Waals surface area contributed by atoms with Crippen LogP contribution in [-0.4, -0.2) is 12.0 Å². The summed E-state index contributed by atoms with van der Waals surface area (Å²) in [5, 5.41) is 2.37. The molecule has 0 aliphatic carbocycles. The molecule has 17 heavy (non-hydrogen) atoms. The van der Waals surface area contributed by atoms with Gasteiger partial charge in [-0.25, -0.2) is 24.0 Å². The maximum Gasteiger partial charge on any atom is 0.210 e. The van der Waals surface area contributed by atoms with E-state index in [2.05, 4.69) is 15.7 Å². The van der Waals surface area contributed by atoms with E-state index in [0.717, 1.165) is 6.07 Å². The van der Waals surface area contributed by atoms with Gasteiger partial charge >= 0.3 is 0 Å². The van der Waals surface area contributed by atoms with Crippen LogP contribution in [0.15, 0.2) is 17.1 Å². The highest BCUT2D eigenvalue weighted by atomic mass is 19.2. The van der Waals surface area contributed by atoms with Gasteiger partial charge in [0.1, 0.15) is 5.82 Å². The van der Waals surface area contributed by atoms with Gasteiger partial charge in [-0.15, -0.1) is 0 Å². The van der Waals surface area contributed by atoms with Crippen LogP contribution >= 0.6 is 0 Å². The third kappa shape index (κ3) is 3.63. The Hall–Kier alpha value is -1.76. The van der Waals surface area contributed by atoms with Gasteiger partial charge in [0.2, 0.25) is 5.96 Å². The summed E-state index contributed by atoms with van der Waals surface area (Å²) in [6.45, 7) is 3.53. The summed E-state index contributed by atoms with van der Waals surface area (Å²) in [4.78, 5) is 3.95. The molecule has 94 valence electrons. The quantitative estimate of drug-likeness (QED) is 0.245. The predicted octanol–water partition coefficient (Wildman–Crippen LogP) is 1.74. The van der Waals surface area contributed by atoms with Crippen LogP contribution in [0.2, 0.25) is 0 Å². The highest BCUT2D eigenvalue weighted by molar-refractivity contribution is 5.93. The first-order valence-corrected chi connectivity index (χ1v) is 4.90. The molecule has 7 heteroatoms. The smallest absolute Gasteiger partial charge is 0.210 e. The zero-order valence-corrected chi connectivity index (χ0v) is 9.39. The molecule has 0 bridgehead atoms. The van der Waals surface area contributed by atoms with Crippen LogP contribution in [0.3, 0.4) is 0 Å². The van der Waals surface area contributed by atoms with E-state index in [1.54, 1.807) is 13.8 Å². The maximum absolute atomic E-state index is 13.3. The molecule has 0 unspecified atom stereocenters. The fraction of sp³-hybridized carbons (Fsp3) is 0.300. The number of aliphatic imine (C=N–C) groups is 1. The van der Waals surface area contributed by atoms with Crippen molar-refractivity contribution in [2.24, 2.45) is 10.8 Å². The molecule has 0 fully saturated rings. The summed E-state index contributed by atoms with van der Waals surface area (Å²) >= 11 is 0. The number of halogens is 3. The molecule has 0 aliphatic heterocycles. The Morgan fingerprint density at radius 1 is 1.29 bits per heavy atom. The summed E-state index contributed by atoms with van der Waals surface area (Å²) < 4.78 is 39.1. The topological polar surface area (TPSA) is 62.4 Å². The molecule has 0 spiro atoms. The molecule has 0 aromatic heterocycles. The van der Waals surface area contributed by atoms with E-state index in [1.807, 2.05) is 0 Å². The van der Waals surface area contributed by atoms with Crippen molar-refractivity contribution in [2.75, 3.05) is 5.32 Å². The van der Waals surface area contributed by atoms with Gasteiger partial charge in [0.15, 0.2) is 11.6 Å². The van der Waals surface area contributed by atoms with Crippen LogP contribution in [0.4, 0.5) is 18.9 Å². The molecule has 1 aromatic rings. The van der Waals surface area contributed by atoms with Crippen molar-refractivity contribution in [3.05, 3.63) is 29.6 Å². The Morgan fingerprint density at radius 3 is 2.47 bits per heavy atom. The fourth-order valence-electron chi connectivity index (χ4n) is 1.14. The Morgan fingerprint density at radius 2 is 1.94 bits per heavy atom. The van der Waals surface area contributed by atoms with E-state index in [0.29, 0.717) is 6.07 Å². The van der Waals surface area contributed by atoms with E-state index >= 15 is 0 Å². The van der Waals surface area contributed by atoms with Crippen LogP contribution in [-0.2, 0) is 0 Å². The minimum Gasteiger partial charge on any atom is -0.323 e. The van der Waals surface area contributed by atoms with Crippen molar-refractivity contribution >= 4 is 11.6 Å². The SMILES string of the molecule is CC(C)N=C(NN)Nc1cc(F)cc(F)c1F. The van der Waals surface area contributed by atoms with Crippen molar-refractivity contribution < 1.29 is 13.2 Å². The molecule has 0 saturated carbocycles. The number of hydrogen-bond acceptors (Lipinski definition) is 2. The van der Waals surface area contributed by atoms with Crippen LogP contribution in [0, 0.1) is 17.5 Å². The second-order valence-electron chi connectivity index (χ2n) is 3.59. The third-order valence-corrected chi connectivity index (χ3v) is 1.77. The monoisotopic (exact) mass is 246 g/mol. The average Bonchev–Trinajstić information content (AvgIpc) is 2.23. The molecule has 4 nitrogen and oxygen atoms in total. The first kappa shape index (κ1) is 13.3. The third-order valence-electron chi connectivity index (χ3n) is 1.77. The number of nitrogens with one attached hydrogen (secondary N) is 2. The lowest BCUT2D eigenvalue weighted by molar-refractivity contribution is 0.498. The van der Waals surface area contributed by atoms with Gasteiger partial charge in [0.25, 0.3) is 0 Å². The van der Waals surface area contributed by atoms with Crippen molar-refractivity contribution in [2.45, 2.75) is 19.9 Å². The highest BCUT2D eigenvalue weighted by Gasteiger charge is 2.12. The largest absolute Gasteiger partial charge is 0.323 e. The van der Waals surface area contributed by atoms with E-state index < -0.39 is 17.5 Å². The molecule has 1 rings (SSSR count). The van der Waals surface area contributed by atoms with Crippen LogP contribution in [0.1, 0.15) is 13.8 Å². The second kappa shape index (κ2) is 5.53. The Bertz CT molecular complexity index is 432. The molecule has 0 heterocycles. The van der Waals surface area contributed by atoms with Gasteiger partial charge in [-0.3, -0.25) is 5.43 Å². The zero-order valence-electron chi connectivity index (χ0n) is 9.39. The Labute approximate surface area is 96.7 Å². The lowest BCUT2D eigenvalue weighted by Crippen LogP contribution is -2.37. The molecular weight excluding hydrogens is 233 g/mol. The molecular formula is C10H13F3N4. The first-order valence-electron chi connectivity index (χ1n) is 4.90. The van der Waals surface area contributed by atoms with Crippen molar-refractivity contribution in [3.8, 4) is 0 Å². The summed E-state index contributed by atoms with van der Waals surface area (Å²) in [6, 6.07) is 1.15. The van der Waals surface area contributed by atoms with Gasteiger partial charge in [-0.2, -0.15) is 0 Å². The van der Waals surface area contributed by atoms with Crippen molar-refractivity contribution in [1.82, 2.24) is 5.43 Å². The predicted molar refractivity (Wildman–Crippen MR) is 59.8 cm³/mol. The lowest BCUT2D eigenvalue weighted by Gasteiger charge is -2.11. The summed E-state index contributed by atoms with van der Waals surface area (Å²) in [5.74, 6) is 1.78. The van der Waals surface area contributed by atoms with E-state index in [1.165, 1.54) is 0 Å². The number of nitrogens with zero attached hydrogens (tertiary/aromatic N) is 1. The van der Waals surface area contributed by atoms with Gasteiger partial charge in [0.05, 0.1) is 5.69 Å². The number of nitrogens with two attached hydrogens (primary N) is 1. The maximum atomic E-state index is 13.3. The molecule has 1 aromatic carbocycles. The average molecular weight is 246 g/mol. The molecule has 4 N–H and O–H groups in total. The van der Waals surface area contributed by atoms with Crippen molar-refractivity contribution in [1.29, 1.82) is 0 Å². The molecule has 0 amide bonds. The highest BCUT2D eigenvalue weighted by Crippen LogP contribution is 2.18. The van der Waals surface area contributed by atoms with Crippen molar-refractivity contribution in [3.63, 3.8) is 0 Å². The second-order valence-corrected chi connectivity index (χ2v) is 3.59. The summed E-state index contributed by atoms with van der Waals surface area (Å²) in [5.41, 5.74) is 1.80. The van der Waals surface area contributed by atoms with Gasteiger partial charge in [-0.1, -0.05) is 0 Å². The van der Waals surface area contributed by atoms with Crippen LogP contribution in [0.25, 0.3) is 0 Å². The van der Waals surface area contributed by atoms with Crippen LogP contribution < -0.4 is 16.6 Å². The zero-order chi connectivity index (χ0) is 13.0. The number of guanidine groups is 1. The Balaban J connectivity index is 3.02. The molecule has 0 aliphatic rings. The molecule has 0 saturated heterocycles. The standard InChI is InChI=1S/C10H13F3N4/c1-5(2)15-10(17-14)16-8-4-6(11)3-7(12)9(8)13/h3-5H,14H2,1-2H3,(H2,15,16,17). The molecule has 0 radical (unpaired) electrons. The van der Waals surface area contributed by atoms with Gasteiger partial charge in [-0.05, 0) is 13.8 Å². The molecule has 0 atom stereocenters. The number of anilines is 1. The van der Waals surface area contributed by atoms with Crippen LogP contribution in [0.5, 0.6) is 0 Å². The number of hydrazine groups is 1. The van der Waals surface area contributed by atoms with Gasteiger partial charge < -0.3 is 5.32 Å². The van der Waals surface area contributed by atoms with E-state index in [4.69, 9.17) is 5.84 Å². The van der Waals surface area contributed by atoms with Gasteiger partial charge in [0, 0.05) is 18.2 Å². The first-order chi connectivity index (χ1) is 7.93. The fourth-order valence-corrected chi connectivity index (χ4v) is 1.14. The Kier molecular flexibility index (Phi) is 4.33. The minimum atomic E-state index is -1.28. The summed E-state index contributed by atoms with van der Waals surface area (Å²) in [7, 11) is 0. The number of benzene rings is 1. The van der Waals surface area contributed by atoms with E-state index in [9.17, 15) is 13.2 Å². The number of hydrogen-bond donors (Lipinski definition) is 3. The lowest BCUT2D eigenvalue weighted by atomic mass is 10.3. The minimum absolute atomic E-state index is 0.0175. The normalized spacial score (nSPS) is 11.8.